The SMILES string of the molecule is Cc1ccc(Nc2ccc(Oc3nc4cnccc4c(=O)[nH]3)cc2C=N)cc1. The van der Waals surface area contributed by atoms with Gasteiger partial charge >= 0.3 is 6.01 Å². The van der Waals surface area contributed by atoms with Gasteiger partial charge in [0.2, 0.25) is 0 Å². The predicted octanol–water partition coefficient (Wildman–Crippen LogP) is 4.16. The summed E-state index contributed by atoms with van der Waals surface area (Å²) in [4.78, 5) is 23.0. The molecule has 138 valence electrons. The van der Waals surface area contributed by atoms with E-state index < -0.39 is 0 Å². The number of pyridine rings is 1. The maximum Gasteiger partial charge on any atom is 0.302 e. The zero-order valence-electron chi connectivity index (χ0n) is 15.1. The van der Waals surface area contributed by atoms with Crippen LogP contribution < -0.4 is 15.6 Å². The van der Waals surface area contributed by atoms with Gasteiger partial charge in [-0.3, -0.25) is 14.8 Å². The third-order valence-corrected chi connectivity index (χ3v) is 4.21. The largest absolute Gasteiger partial charge is 0.426 e. The van der Waals surface area contributed by atoms with Crippen LogP contribution in [0.25, 0.3) is 10.9 Å². The molecule has 0 fully saturated rings. The van der Waals surface area contributed by atoms with Gasteiger partial charge in [0.1, 0.15) is 5.75 Å². The topological polar surface area (TPSA) is 104 Å². The van der Waals surface area contributed by atoms with Crippen LogP contribution in [-0.4, -0.2) is 21.2 Å². The molecular weight excluding hydrogens is 354 g/mol. The lowest BCUT2D eigenvalue weighted by atomic mass is 10.1. The molecule has 0 bridgehead atoms. The lowest BCUT2D eigenvalue weighted by Crippen LogP contribution is -2.09. The zero-order valence-corrected chi connectivity index (χ0v) is 15.1. The van der Waals surface area contributed by atoms with E-state index in [0.717, 1.165) is 11.4 Å². The molecule has 0 spiro atoms. The second kappa shape index (κ2) is 7.32. The van der Waals surface area contributed by atoms with Gasteiger partial charge in [-0.15, -0.1) is 0 Å². The van der Waals surface area contributed by atoms with Crippen molar-refractivity contribution in [3.63, 3.8) is 0 Å². The van der Waals surface area contributed by atoms with Gasteiger partial charge in [0.15, 0.2) is 0 Å². The van der Waals surface area contributed by atoms with E-state index in [1.165, 1.54) is 24.2 Å². The van der Waals surface area contributed by atoms with Crippen LogP contribution in [0.5, 0.6) is 11.8 Å². The highest BCUT2D eigenvalue weighted by atomic mass is 16.5. The Bertz CT molecular complexity index is 1220. The summed E-state index contributed by atoms with van der Waals surface area (Å²) < 4.78 is 5.71. The van der Waals surface area contributed by atoms with Crippen molar-refractivity contribution in [2.45, 2.75) is 6.92 Å². The quantitative estimate of drug-likeness (QED) is 0.457. The average molecular weight is 371 g/mol. The van der Waals surface area contributed by atoms with Crippen molar-refractivity contribution < 1.29 is 4.74 Å². The summed E-state index contributed by atoms with van der Waals surface area (Å²) in [6, 6.07) is 14.9. The lowest BCUT2D eigenvalue weighted by Gasteiger charge is -2.12. The molecule has 0 atom stereocenters. The number of H-pyrrole nitrogens is 1. The van der Waals surface area contributed by atoms with Crippen LogP contribution in [0.3, 0.4) is 0 Å². The normalized spacial score (nSPS) is 10.6. The number of rotatable bonds is 5. The number of ether oxygens (including phenoxy) is 1. The second-order valence-electron chi connectivity index (χ2n) is 6.25. The Hall–Kier alpha value is -4.00. The van der Waals surface area contributed by atoms with E-state index in [-0.39, 0.29) is 11.6 Å². The molecule has 4 rings (SSSR count). The molecule has 0 radical (unpaired) electrons. The molecule has 2 aromatic heterocycles. The minimum atomic E-state index is -0.299. The maximum atomic E-state index is 12.1. The van der Waals surface area contributed by atoms with Gasteiger partial charge in [-0.1, -0.05) is 17.7 Å². The van der Waals surface area contributed by atoms with E-state index in [9.17, 15) is 4.79 Å². The Morgan fingerprint density at radius 2 is 1.96 bits per heavy atom. The molecule has 4 aromatic rings. The van der Waals surface area contributed by atoms with Crippen LogP contribution in [0.1, 0.15) is 11.1 Å². The molecule has 0 aliphatic rings. The fraction of sp³-hybridized carbons (Fsp3) is 0.0476. The molecule has 0 amide bonds. The molecule has 28 heavy (non-hydrogen) atoms. The van der Waals surface area contributed by atoms with Gasteiger partial charge < -0.3 is 15.5 Å². The van der Waals surface area contributed by atoms with E-state index in [1.807, 2.05) is 37.3 Å². The average Bonchev–Trinajstić information content (AvgIpc) is 2.71. The molecule has 0 unspecified atom stereocenters. The second-order valence-corrected chi connectivity index (χ2v) is 6.25. The fourth-order valence-electron chi connectivity index (χ4n) is 2.76. The van der Waals surface area contributed by atoms with Gasteiger partial charge in [0.05, 0.1) is 17.1 Å². The van der Waals surface area contributed by atoms with Crippen molar-refractivity contribution >= 4 is 28.5 Å². The molecule has 3 N–H and O–H groups in total. The number of aryl methyl sites for hydroxylation is 1. The summed E-state index contributed by atoms with van der Waals surface area (Å²) >= 11 is 0. The Kier molecular flexibility index (Phi) is 4.55. The number of hydrogen-bond donors (Lipinski definition) is 3. The summed E-state index contributed by atoms with van der Waals surface area (Å²) in [5.41, 5.74) is 3.67. The fourth-order valence-corrected chi connectivity index (χ4v) is 2.76. The van der Waals surface area contributed by atoms with Crippen molar-refractivity contribution in [3.05, 3.63) is 82.4 Å². The first kappa shape index (κ1) is 17.4. The smallest absolute Gasteiger partial charge is 0.302 e. The predicted molar refractivity (Wildman–Crippen MR) is 109 cm³/mol. The van der Waals surface area contributed by atoms with Crippen LogP contribution >= 0.6 is 0 Å². The Morgan fingerprint density at radius 1 is 1.14 bits per heavy atom. The lowest BCUT2D eigenvalue weighted by molar-refractivity contribution is 0.443. The van der Waals surface area contributed by atoms with Crippen molar-refractivity contribution in [2.75, 3.05) is 5.32 Å². The molecule has 2 aromatic carbocycles. The van der Waals surface area contributed by atoms with Crippen LogP contribution in [0, 0.1) is 12.3 Å². The Morgan fingerprint density at radius 3 is 2.75 bits per heavy atom. The number of hydrogen-bond acceptors (Lipinski definition) is 6. The van der Waals surface area contributed by atoms with Crippen LogP contribution in [-0.2, 0) is 0 Å². The van der Waals surface area contributed by atoms with Gasteiger partial charge in [-0.05, 0) is 43.3 Å². The van der Waals surface area contributed by atoms with E-state index in [2.05, 4.69) is 20.3 Å². The van der Waals surface area contributed by atoms with Crippen molar-refractivity contribution in [1.29, 1.82) is 5.41 Å². The van der Waals surface area contributed by atoms with Crippen molar-refractivity contribution in [3.8, 4) is 11.8 Å². The number of aromatic amines is 1. The minimum absolute atomic E-state index is 0.0701. The molecule has 7 heteroatoms. The highest BCUT2D eigenvalue weighted by Gasteiger charge is 2.08. The maximum absolute atomic E-state index is 12.1. The molecule has 0 saturated carbocycles. The van der Waals surface area contributed by atoms with Crippen LogP contribution in [0.2, 0.25) is 0 Å². The highest BCUT2D eigenvalue weighted by molar-refractivity contribution is 5.88. The Balaban J connectivity index is 1.61. The van der Waals surface area contributed by atoms with Crippen LogP contribution in [0.15, 0.2) is 65.7 Å². The number of fused-ring (bicyclic) bond motifs is 1. The number of anilines is 2. The number of nitrogens with one attached hydrogen (secondary N) is 3. The first-order valence-corrected chi connectivity index (χ1v) is 8.62. The summed E-state index contributed by atoms with van der Waals surface area (Å²) in [6.07, 6.45) is 4.29. The third kappa shape index (κ3) is 3.59. The Labute approximate surface area is 160 Å². The summed E-state index contributed by atoms with van der Waals surface area (Å²) in [5.74, 6) is 0.458. The summed E-state index contributed by atoms with van der Waals surface area (Å²) in [5, 5.41) is 11.4. The number of benzene rings is 2. The van der Waals surface area contributed by atoms with Gasteiger partial charge in [0.25, 0.3) is 5.56 Å². The molecule has 7 nitrogen and oxygen atoms in total. The van der Waals surface area contributed by atoms with E-state index >= 15 is 0 Å². The molecular formula is C21H17N5O2. The monoisotopic (exact) mass is 371 g/mol. The summed E-state index contributed by atoms with van der Waals surface area (Å²) in [6.45, 7) is 2.03. The minimum Gasteiger partial charge on any atom is -0.426 e. The van der Waals surface area contributed by atoms with E-state index in [1.54, 1.807) is 18.2 Å². The van der Waals surface area contributed by atoms with Gasteiger partial charge in [-0.25, -0.2) is 0 Å². The molecule has 0 saturated heterocycles. The first-order chi connectivity index (χ1) is 13.6. The third-order valence-electron chi connectivity index (χ3n) is 4.21. The van der Waals surface area contributed by atoms with E-state index in [4.69, 9.17) is 10.1 Å². The standard InChI is InChI=1S/C21H17N5O2/c1-13-2-4-15(5-3-13)24-18-7-6-16(10-14(18)11-22)28-21-25-19-12-23-9-8-17(19)20(27)26-21/h2-12,22,24H,1H3,(H,25,26,27). The highest BCUT2D eigenvalue weighted by Crippen LogP contribution is 2.26. The zero-order chi connectivity index (χ0) is 19.5. The summed E-state index contributed by atoms with van der Waals surface area (Å²) in [7, 11) is 0. The van der Waals surface area contributed by atoms with E-state index in [0.29, 0.717) is 22.2 Å². The number of aromatic nitrogens is 3. The molecule has 0 aliphatic carbocycles. The van der Waals surface area contributed by atoms with Crippen LogP contribution in [0.4, 0.5) is 11.4 Å². The molecule has 2 heterocycles. The van der Waals surface area contributed by atoms with Crippen molar-refractivity contribution in [1.82, 2.24) is 15.0 Å². The number of nitrogens with zero attached hydrogens (tertiary/aromatic N) is 2. The molecule has 0 aliphatic heterocycles. The van der Waals surface area contributed by atoms with Crippen molar-refractivity contribution in [2.24, 2.45) is 0 Å². The van der Waals surface area contributed by atoms with Gasteiger partial charge in [0, 0.05) is 29.3 Å². The first-order valence-electron chi connectivity index (χ1n) is 8.62. The van der Waals surface area contributed by atoms with Gasteiger partial charge in [-0.2, -0.15) is 4.98 Å².